The van der Waals surface area contributed by atoms with Crippen LogP contribution in [-0.2, 0) is 17.5 Å². The standard InChI is InChI=1S/C37H47N3O5Si/c1-26(2)40(21-22-45-46(7,8)37(3,4)5)36(42)33-34(44-25-27-15-11-9-12-16-27)35(41)39-32(38-33)24-29-23-30(43-6)19-20-31(29)28-17-13-10-14-18-28/h9-20,23,26H,21-22,24-25H2,1-8H3,(H,38,39,41). The summed E-state index contributed by atoms with van der Waals surface area (Å²) >= 11 is 0. The van der Waals surface area contributed by atoms with E-state index in [0.29, 0.717) is 24.7 Å². The fourth-order valence-electron chi connectivity index (χ4n) is 4.87. The van der Waals surface area contributed by atoms with Gasteiger partial charge in [-0.25, -0.2) is 4.98 Å². The van der Waals surface area contributed by atoms with E-state index in [1.807, 2.05) is 92.7 Å². The fourth-order valence-corrected chi connectivity index (χ4v) is 5.90. The summed E-state index contributed by atoms with van der Waals surface area (Å²) in [6.07, 6.45) is 0.270. The summed E-state index contributed by atoms with van der Waals surface area (Å²) in [5, 5.41) is 0.0417. The number of benzene rings is 3. The fraction of sp³-hybridized carbons (Fsp3) is 0.378. The second-order valence-electron chi connectivity index (χ2n) is 13.2. The van der Waals surface area contributed by atoms with Gasteiger partial charge in [-0.1, -0.05) is 87.5 Å². The maximum absolute atomic E-state index is 14.3. The van der Waals surface area contributed by atoms with Crippen molar-refractivity contribution in [3.05, 3.63) is 112 Å². The number of carbonyl (C=O) groups excluding carboxylic acids is 1. The predicted molar refractivity (Wildman–Crippen MR) is 186 cm³/mol. The summed E-state index contributed by atoms with van der Waals surface area (Å²) in [6.45, 7) is 15.7. The smallest absolute Gasteiger partial charge is 0.294 e. The maximum Gasteiger partial charge on any atom is 0.294 e. The van der Waals surface area contributed by atoms with Crippen molar-refractivity contribution in [1.29, 1.82) is 0 Å². The molecule has 0 atom stereocenters. The number of aromatic amines is 1. The largest absolute Gasteiger partial charge is 0.497 e. The molecule has 4 rings (SSSR count). The summed E-state index contributed by atoms with van der Waals surface area (Å²) < 4.78 is 18.0. The number of hydrogen-bond acceptors (Lipinski definition) is 6. The maximum atomic E-state index is 14.3. The first kappa shape index (κ1) is 34.7. The lowest BCUT2D eigenvalue weighted by molar-refractivity contribution is 0.0657. The number of ether oxygens (including phenoxy) is 2. The van der Waals surface area contributed by atoms with Crippen LogP contribution in [0.4, 0.5) is 0 Å². The number of amides is 1. The summed E-state index contributed by atoms with van der Waals surface area (Å²) in [5.41, 5.74) is 3.25. The monoisotopic (exact) mass is 641 g/mol. The van der Waals surface area contributed by atoms with E-state index in [4.69, 9.17) is 18.9 Å². The van der Waals surface area contributed by atoms with Gasteiger partial charge in [0.05, 0.1) is 13.7 Å². The van der Waals surface area contributed by atoms with Gasteiger partial charge in [-0.05, 0) is 66.4 Å². The highest BCUT2D eigenvalue weighted by molar-refractivity contribution is 6.74. The second kappa shape index (κ2) is 14.9. The molecule has 0 fully saturated rings. The van der Waals surface area contributed by atoms with Crippen molar-refractivity contribution >= 4 is 14.2 Å². The molecule has 1 N–H and O–H groups in total. The molecule has 1 heterocycles. The molecule has 0 saturated carbocycles. The van der Waals surface area contributed by atoms with Crippen LogP contribution < -0.4 is 15.0 Å². The SMILES string of the molecule is COc1ccc(-c2ccccc2)c(Cc2nc(C(=O)N(CCO[Si](C)(C)C(C)(C)C)C(C)C)c(OCc3ccccc3)c(=O)[nH]2)c1. The topological polar surface area (TPSA) is 93.8 Å². The molecule has 0 spiro atoms. The third-order valence-electron chi connectivity index (χ3n) is 8.60. The van der Waals surface area contributed by atoms with Gasteiger partial charge >= 0.3 is 0 Å². The van der Waals surface area contributed by atoms with Gasteiger partial charge in [0.15, 0.2) is 14.0 Å². The lowest BCUT2D eigenvalue weighted by Gasteiger charge is -2.37. The predicted octanol–water partition coefficient (Wildman–Crippen LogP) is 7.49. The molecule has 0 saturated heterocycles. The molecule has 0 aliphatic heterocycles. The van der Waals surface area contributed by atoms with Gasteiger partial charge in [0.2, 0.25) is 5.75 Å². The first-order chi connectivity index (χ1) is 21.8. The molecule has 0 unspecified atom stereocenters. The molecule has 1 amide bonds. The molecule has 0 aliphatic rings. The van der Waals surface area contributed by atoms with Crippen molar-refractivity contribution in [1.82, 2.24) is 14.9 Å². The van der Waals surface area contributed by atoms with E-state index >= 15 is 0 Å². The molecule has 0 radical (unpaired) electrons. The zero-order valence-electron chi connectivity index (χ0n) is 28.3. The van der Waals surface area contributed by atoms with E-state index in [9.17, 15) is 9.59 Å². The minimum atomic E-state index is -2.03. The molecule has 46 heavy (non-hydrogen) atoms. The summed E-state index contributed by atoms with van der Waals surface area (Å²) in [7, 11) is -0.410. The van der Waals surface area contributed by atoms with Gasteiger partial charge in [-0.2, -0.15) is 0 Å². The summed E-state index contributed by atoms with van der Waals surface area (Å²) in [4.78, 5) is 37.3. The highest BCUT2D eigenvalue weighted by Gasteiger charge is 2.37. The quantitative estimate of drug-likeness (QED) is 0.152. The molecule has 4 aromatic rings. The van der Waals surface area contributed by atoms with Crippen LogP contribution in [0.25, 0.3) is 11.1 Å². The van der Waals surface area contributed by atoms with Gasteiger partial charge in [-0.3, -0.25) is 9.59 Å². The Bertz CT molecular complexity index is 1660. The Labute approximate surface area is 273 Å². The Kier molecular flexibility index (Phi) is 11.2. The third kappa shape index (κ3) is 8.53. The highest BCUT2D eigenvalue weighted by Crippen LogP contribution is 2.36. The first-order valence-corrected chi connectivity index (χ1v) is 18.7. The Hall–Kier alpha value is -4.21. The molecular formula is C37H47N3O5Si. The van der Waals surface area contributed by atoms with Crippen molar-refractivity contribution in [2.75, 3.05) is 20.3 Å². The number of rotatable bonds is 13. The molecule has 9 heteroatoms. The summed E-state index contributed by atoms with van der Waals surface area (Å²) in [5.74, 6) is 0.566. The molecule has 8 nitrogen and oxygen atoms in total. The van der Waals surface area contributed by atoms with Gasteiger partial charge < -0.3 is 23.8 Å². The Morgan fingerprint density at radius 1 is 0.978 bits per heavy atom. The van der Waals surface area contributed by atoms with Gasteiger partial charge in [0.1, 0.15) is 18.2 Å². The molecule has 3 aromatic carbocycles. The van der Waals surface area contributed by atoms with Crippen LogP contribution in [0, 0.1) is 0 Å². The molecule has 1 aromatic heterocycles. The van der Waals surface area contributed by atoms with E-state index in [2.05, 4.69) is 38.8 Å². The van der Waals surface area contributed by atoms with Gasteiger partial charge in [-0.15, -0.1) is 0 Å². The van der Waals surface area contributed by atoms with E-state index in [0.717, 1.165) is 22.3 Å². The van der Waals surface area contributed by atoms with Crippen LogP contribution >= 0.6 is 0 Å². The number of aromatic nitrogens is 2. The Balaban J connectivity index is 1.73. The molecular weight excluding hydrogens is 595 g/mol. The Morgan fingerprint density at radius 2 is 1.63 bits per heavy atom. The van der Waals surface area contributed by atoms with Crippen molar-refractivity contribution in [2.24, 2.45) is 0 Å². The normalized spacial score (nSPS) is 11.8. The van der Waals surface area contributed by atoms with Crippen LogP contribution in [0.2, 0.25) is 18.1 Å². The average Bonchev–Trinajstić information content (AvgIpc) is 3.02. The van der Waals surface area contributed by atoms with Crippen LogP contribution in [0.5, 0.6) is 11.5 Å². The minimum Gasteiger partial charge on any atom is -0.497 e. The lowest BCUT2D eigenvalue weighted by Crippen LogP contribution is -2.45. The third-order valence-corrected chi connectivity index (χ3v) is 13.1. The van der Waals surface area contributed by atoms with Crippen molar-refractivity contribution in [2.45, 2.75) is 71.8 Å². The number of methoxy groups -OCH3 is 1. The van der Waals surface area contributed by atoms with Crippen molar-refractivity contribution < 1.29 is 18.7 Å². The van der Waals surface area contributed by atoms with Gasteiger partial charge in [0.25, 0.3) is 11.5 Å². The van der Waals surface area contributed by atoms with Crippen LogP contribution in [0.1, 0.15) is 62.1 Å². The number of nitrogens with zero attached hydrogens (tertiary/aromatic N) is 2. The molecule has 0 bridgehead atoms. The van der Waals surface area contributed by atoms with Crippen molar-refractivity contribution in [3.63, 3.8) is 0 Å². The highest BCUT2D eigenvalue weighted by atomic mass is 28.4. The zero-order valence-corrected chi connectivity index (χ0v) is 29.3. The van der Waals surface area contributed by atoms with Gasteiger partial charge in [0, 0.05) is 19.0 Å². The van der Waals surface area contributed by atoms with Crippen LogP contribution in [-0.4, -0.2) is 55.4 Å². The van der Waals surface area contributed by atoms with E-state index in [1.165, 1.54) is 0 Å². The minimum absolute atomic E-state index is 0.0140. The van der Waals surface area contributed by atoms with E-state index in [1.54, 1.807) is 12.0 Å². The second-order valence-corrected chi connectivity index (χ2v) is 18.0. The van der Waals surface area contributed by atoms with Crippen LogP contribution in [0.3, 0.4) is 0 Å². The number of carbonyl (C=O) groups is 1. The molecule has 0 aliphatic carbocycles. The molecule has 244 valence electrons. The van der Waals surface area contributed by atoms with Crippen molar-refractivity contribution in [3.8, 4) is 22.6 Å². The lowest BCUT2D eigenvalue weighted by atomic mass is 9.97. The summed E-state index contributed by atoms with van der Waals surface area (Å²) in [6, 6.07) is 25.2. The average molecular weight is 642 g/mol. The van der Waals surface area contributed by atoms with E-state index in [-0.39, 0.29) is 41.5 Å². The number of H-pyrrole nitrogens is 1. The first-order valence-electron chi connectivity index (χ1n) is 15.8. The van der Waals surface area contributed by atoms with Crippen LogP contribution in [0.15, 0.2) is 83.7 Å². The van der Waals surface area contributed by atoms with E-state index < -0.39 is 13.9 Å². The Morgan fingerprint density at radius 3 is 2.24 bits per heavy atom. The number of hydrogen-bond donors (Lipinski definition) is 1. The number of nitrogens with one attached hydrogen (secondary N) is 1. The zero-order chi connectivity index (χ0) is 33.5.